The Morgan fingerprint density at radius 3 is 2.57 bits per heavy atom. The maximum Gasteiger partial charge on any atom is 0.409 e. The smallest absolute Gasteiger partial charge is 0.409 e. The van der Waals surface area contributed by atoms with Crippen LogP contribution in [0.25, 0.3) is 10.9 Å². The minimum absolute atomic E-state index is 0.0780. The van der Waals surface area contributed by atoms with Crippen molar-refractivity contribution < 1.29 is 18.7 Å². The van der Waals surface area contributed by atoms with Crippen molar-refractivity contribution >= 4 is 46.2 Å². The van der Waals surface area contributed by atoms with Crippen molar-refractivity contribution in [1.82, 2.24) is 19.9 Å². The Hall–Kier alpha value is -2.07. The Balaban J connectivity index is 1.90. The van der Waals surface area contributed by atoms with Crippen LogP contribution >= 0.6 is 23.4 Å². The van der Waals surface area contributed by atoms with Gasteiger partial charge in [-0.3, -0.25) is 0 Å². The molecule has 0 atom stereocenters. The molecule has 164 valence electrons. The molecule has 0 N–H and O–H groups in total. The summed E-state index contributed by atoms with van der Waals surface area (Å²) < 4.78 is 25.4. The number of pyridine rings is 1. The van der Waals surface area contributed by atoms with Crippen LogP contribution in [0, 0.1) is 5.82 Å². The van der Waals surface area contributed by atoms with Gasteiger partial charge in [0.05, 0.1) is 13.7 Å². The van der Waals surface area contributed by atoms with E-state index in [1.807, 2.05) is 18.7 Å². The number of halogens is 2. The zero-order valence-electron chi connectivity index (χ0n) is 17.3. The highest BCUT2D eigenvalue weighted by Crippen LogP contribution is 2.36. The number of carbonyl (C=O) groups excluding carboxylic acids is 1. The molecule has 1 fully saturated rings. The number of hydrogen-bond donors (Lipinski definition) is 0. The van der Waals surface area contributed by atoms with Crippen molar-refractivity contribution in [3.8, 4) is 5.88 Å². The summed E-state index contributed by atoms with van der Waals surface area (Å²) in [5, 5.41) is 0.527. The van der Waals surface area contributed by atoms with Gasteiger partial charge in [0.1, 0.15) is 16.7 Å². The zero-order valence-corrected chi connectivity index (χ0v) is 18.9. The number of unbranched alkanes of at least 4 members (excludes halogenated alkanes) is 1. The van der Waals surface area contributed by atoms with Crippen LogP contribution in [0.2, 0.25) is 5.15 Å². The summed E-state index contributed by atoms with van der Waals surface area (Å²) in [7, 11) is 1.44. The highest BCUT2D eigenvalue weighted by atomic mass is 35.5. The summed E-state index contributed by atoms with van der Waals surface area (Å²) in [6, 6.07) is 0. The van der Waals surface area contributed by atoms with E-state index in [2.05, 4.69) is 15.0 Å². The number of thioether (sulfide) groups is 1. The number of carbonyl (C=O) groups is 1. The van der Waals surface area contributed by atoms with Crippen LogP contribution in [0.5, 0.6) is 5.88 Å². The molecule has 1 amide bonds. The Labute approximate surface area is 184 Å². The largest absolute Gasteiger partial charge is 0.480 e. The summed E-state index contributed by atoms with van der Waals surface area (Å²) in [5.41, 5.74) is 0.0780. The fourth-order valence-corrected chi connectivity index (χ4v) is 3.87. The Morgan fingerprint density at radius 2 is 1.93 bits per heavy atom. The fourth-order valence-electron chi connectivity index (χ4n) is 3.14. The molecule has 0 aliphatic carbocycles. The van der Waals surface area contributed by atoms with Gasteiger partial charge in [0.25, 0.3) is 0 Å². The lowest BCUT2D eigenvalue weighted by atomic mass is 10.2. The SMILES string of the molecule is CCCCOC(=O)N1CCN(c2nc(SCC)nc3c(F)c(Cl)nc(OC)c23)CC1. The number of anilines is 1. The molecule has 1 aliphatic heterocycles. The molecule has 2 aromatic rings. The standard InChI is InChI=1S/C19H25ClFN5O3S/c1-4-6-11-29-19(27)26-9-7-25(8-10-26)16-12-14(22-18(24-16)30-5-2)13(21)15(20)23-17(12)28-3/h4-11H2,1-3H3. The lowest BCUT2D eigenvalue weighted by Gasteiger charge is -2.35. The van der Waals surface area contributed by atoms with E-state index in [1.165, 1.54) is 18.9 Å². The number of ether oxygens (including phenoxy) is 2. The number of methoxy groups -OCH3 is 1. The van der Waals surface area contributed by atoms with Crippen LogP contribution < -0.4 is 9.64 Å². The van der Waals surface area contributed by atoms with Gasteiger partial charge in [-0.25, -0.2) is 19.2 Å². The summed E-state index contributed by atoms with van der Waals surface area (Å²) in [6.45, 7) is 6.40. The van der Waals surface area contributed by atoms with Crippen molar-refractivity contribution in [2.75, 3.05) is 50.5 Å². The van der Waals surface area contributed by atoms with Gasteiger partial charge in [-0.05, 0) is 12.2 Å². The highest BCUT2D eigenvalue weighted by molar-refractivity contribution is 7.99. The van der Waals surface area contributed by atoms with Crippen LogP contribution in [0.3, 0.4) is 0 Å². The van der Waals surface area contributed by atoms with Crippen LogP contribution in [0.1, 0.15) is 26.7 Å². The van der Waals surface area contributed by atoms with Crippen molar-refractivity contribution in [2.45, 2.75) is 31.8 Å². The first-order chi connectivity index (χ1) is 14.5. The quantitative estimate of drug-likeness (QED) is 0.267. The summed E-state index contributed by atoms with van der Waals surface area (Å²) in [6.07, 6.45) is 1.50. The van der Waals surface area contributed by atoms with E-state index in [0.717, 1.165) is 18.6 Å². The monoisotopic (exact) mass is 457 g/mol. The molecule has 0 unspecified atom stereocenters. The average Bonchev–Trinajstić information content (AvgIpc) is 2.76. The minimum Gasteiger partial charge on any atom is -0.480 e. The van der Waals surface area contributed by atoms with Crippen LogP contribution in [0.15, 0.2) is 5.16 Å². The van der Waals surface area contributed by atoms with Crippen molar-refractivity contribution in [2.24, 2.45) is 0 Å². The molecule has 0 spiro atoms. The van der Waals surface area contributed by atoms with Gasteiger partial charge in [0.2, 0.25) is 5.88 Å². The molecule has 2 aromatic heterocycles. The molecular formula is C19H25ClFN5O3S. The first kappa shape index (κ1) is 22.6. The van der Waals surface area contributed by atoms with Gasteiger partial charge in [0, 0.05) is 26.2 Å². The third-order valence-electron chi connectivity index (χ3n) is 4.70. The normalized spacial score (nSPS) is 14.3. The Bertz CT molecular complexity index is 912. The van der Waals surface area contributed by atoms with E-state index >= 15 is 0 Å². The molecule has 30 heavy (non-hydrogen) atoms. The van der Waals surface area contributed by atoms with Gasteiger partial charge >= 0.3 is 6.09 Å². The maximum atomic E-state index is 14.8. The number of piperazine rings is 1. The summed E-state index contributed by atoms with van der Waals surface area (Å²) >= 11 is 7.35. The highest BCUT2D eigenvalue weighted by Gasteiger charge is 2.28. The number of fused-ring (bicyclic) bond motifs is 1. The molecule has 11 heteroatoms. The predicted octanol–water partition coefficient (Wildman–Crippen LogP) is 4.00. The number of nitrogens with zero attached hydrogens (tertiary/aromatic N) is 5. The maximum absolute atomic E-state index is 14.8. The molecule has 3 rings (SSSR count). The second-order valence-corrected chi connectivity index (χ2v) is 8.24. The molecule has 0 bridgehead atoms. The van der Waals surface area contributed by atoms with E-state index < -0.39 is 5.82 Å². The number of rotatable bonds is 7. The first-order valence-electron chi connectivity index (χ1n) is 9.90. The lowest BCUT2D eigenvalue weighted by molar-refractivity contribution is 0.0989. The van der Waals surface area contributed by atoms with Crippen molar-refractivity contribution in [3.05, 3.63) is 11.0 Å². The molecule has 0 aromatic carbocycles. The lowest BCUT2D eigenvalue weighted by Crippen LogP contribution is -2.49. The minimum atomic E-state index is -0.702. The number of aromatic nitrogens is 3. The van der Waals surface area contributed by atoms with Crippen molar-refractivity contribution in [3.63, 3.8) is 0 Å². The second-order valence-electron chi connectivity index (χ2n) is 6.65. The third-order valence-corrected chi connectivity index (χ3v) is 5.68. The van der Waals surface area contributed by atoms with Gasteiger partial charge in [-0.2, -0.15) is 4.98 Å². The second kappa shape index (κ2) is 10.3. The summed E-state index contributed by atoms with van der Waals surface area (Å²) in [5.74, 6) is 0.725. The average molecular weight is 458 g/mol. The number of amides is 1. The van der Waals surface area contributed by atoms with E-state index in [4.69, 9.17) is 21.1 Å². The molecule has 0 saturated carbocycles. The van der Waals surface area contributed by atoms with E-state index in [0.29, 0.717) is 49.1 Å². The Morgan fingerprint density at radius 1 is 1.20 bits per heavy atom. The number of hydrogen-bond acceptors (Lipinski definition) is 8. The first-order valence-corrected chi connectivity index (χ1v) is 11.3. The molecule has 1 saturated heterocycles. The van der Waals surface area contributed by atoms with Crippen molar-refractivity contribution in [1.29, 1.82) is 0 Å². The van der Waals surface area contributed by atoms with Crippen LogP contribution in [0.4, 0.5) is 15.0 Å². The Kier molecular flexibility index (Phi) is 7.76. The predicted molar refractivity (Wildman–Crippen MR) is 115 cm³/mol. The van der Waals surface area contributed by atoms with Crippen LogP contribution in [-0.2, 0) is 4.74 Å². The molecule has 3 heterocycles. The van der Waals surface area contributed by atoms with E-state index in [9.17, 15) is 9.18 Å². The molecular weight excluding hydrogens is 433 g/mol. The summed E-state index contributed by atoms with van der Waals surface area (Å²) in [4.78, 5) is 28.8. The topological polar surface area (TPSA) is 80.7 Å². The van der Waals surface area contributed by atoms with Gasteiger partial charge < -0.3 is 19.3 Å². The zero-order chi connectivity index (χ0) is 21.7. The van der Waals surface area contributed by atoms with Gasteiger partial charge in [0.15, 0.2) is 16.1 Å². The van der Waals surface area contributed by atoms with Gasteiger partial charge in [-0.1, -0.05) is 43.6 Å². The molecule has 1 aliphatic rings. The molecule has 0 radical (unpaired) electrons. The fraction of sp³-hybridized carbons (Fsp3) is 0.579. The third kappa shape index (κ3) is 4.80. The van der Waals surface area contributed by atoms with Crippen LogP contribution in [-0.4, -0.2) is 71.6 Å². The van der Waals surface area contributed by atoms with E-state index in [1.54, 1.807) is 4.90 Å². The van der Waals surface area contributed by atoms with Gasteiger partial charge in [-0.15, -0.1) is 0 Å². The molecule has 8 nitrogen and oxygen atoms in total. The van der Waals surface area contributed by atoms with E-state index in [-0.39, 0.29) is 22.6 Å².